The van der Waals surface area contributed by atoms with Crippen LogP contribution >= 0.6 is 0 Å². The predicted octanol–water partition coefficient (Wildman–Crippen LogP) is 5.74. The Morgan fingerprint density at radius 1 is 1.04 bits per heavy atom. The molecule has 0 aliphatic rings. The van der Waals surface area contributed by atoms with Crippen LogP contribution in [0.25, 0.3) is 23.3 Å². The van der Waals surface area contributed by atoms with Crippen LogP contribution in [0.4, 0.5) is 0 Å². The van der Waals surface area contributed by atoms with Crippen LogP contribution in [0.15, 0.2) is 79.5 Å². The van der Waals surface area contributed by atoms with Crippen LogP contribution in [0.5, 0.6) is 0 Å². The minimum absolute atomic E-state index is 0.646. The van der Waals surface area contributed by atoms with Gasteiger partial charge in [-0.25, -0.2) is 0 Å². The molecule has 2 rings (SSSR count). The van der Waals surface area contributed by atoms with Crippen LogP contribution < -0.4 is 5.73 Å². The predicted molar refractivity (Wildman–Crippen MR) is 103 cm³/mol. The summed E-state index contributed by atoms with van der Waals surface area (Å²) in [5, 5.41) is 0. The quantitative estimate of drug-likeness (QED) is 0.677. The minimum Gasteiger partial charge on any atom is -0.402 e. The van der Waals surface area contributed by atoms with E-state index in [9.17, 15) is 0 Å². The van der Waals surface area contributed by atoms with E-state index in [4.69, 9.17) is 5.73 Å². The van der Waals surface area contributed by atoms with Crippen LogP contribution in [-0.2, 0) is 0 Å². The molecule has 0 atom stereocenters. The third-order valence-corrected chi connectivity index (χ3v) is 3.78. The van der Waals surface area contributed by atoms with E-state index in [2.05, 4.69) is 75.2 Å². The van der Waals surface area contributed by atoms with Crippen molar-refractivity contribution in [3.63, 3.8) is 0 Å². The number of nitrogens with two attached hydrogens (primary N) is 1. The van der Waals surface area contributed by atoms with Gasteiger partial charge in [0.1, 0.15) is 0 Å². The molecule has 0 saturated carbocycles. The summed E-state index contributed by atoms with van der Waals surface area (Å²) in [7, 11) is 0. The van der Waals surface area contributed by atoms with Gasteiger partial charge in [-0.1, -0.05) is 80.4 Å². The Bertz CT molecular complexity index is 761. The highest BCUT2D eigenvalue weighted by Gasteiger charge is 2.02. The summed E-state index contributed by atoms with van der Waals surface area (Å²) < 4.78 is 0. The van der Waals surface area contributed by atoms with Gasteiger partial charge in [-0.15, -0.1) is 0 Å². The normalized spacial score (nSPS) is 11.1. The smallest absolute Gasteiger partial charge is 0.0115 e. The number of hydrogen-bond acceptors (Lipinski definition) is 1. The summed E-state index contributed by atoms with van der Waals surface area (Å²) in [6.07, 6.45) is 6.45. The molecule has 0 bridgehead atoms. The lowest BCUT2D eigenvalue weighted by Crippen LogP contribution is -1.95. The Balaban J connectivity index is 2.32. The molecule has 0 radical (unpaired) electrons. The number of rotatable bonds is 6. The topological polar surface area (TPSA) is 26.0 Å². The Kier molecular flexibility index (Phi) is 5.37. The van der Waals surface area contributed by atoms with Crippen molar-refractivity contribution in [1.82, 2.24) is 0 Å². The molecule has 0 spiro atoms. The summed E-state index contributed by atoms with van der Waals surface area (Å²) in [5.74, 6) is 0. The van der Waals surface area contributed by atoms with E-state index >= 15 is 0 Å². The molecule has 2 N–H and O–H groups in total. The van der Waals surface area contributed by atoms with Gasteiger partial charge in [-0.05, 0) is 40.3 Å². The molecule has 0 aliphatic heterocycles. The molecular formula is C22H23N. The van der Waals surface area contributed by atoms with Crippen molar-refractivity contribution in [1.29, 1.82) is 0 Å². The van der Waals surface area contributed by atoms with Crippen molar-refractivity contribution >= 4 is 12.2 Å². The molecule has 1 nitrogen and oxygen atoms in total. The van der Waals surface area contributed by atoms with Crippen molar-refractivity contribution in [2.24, 2.45) is 5.73 Å². The molecule has 0 aromatic heterocycles. The minimum atomic E-state index is 0.646. The highest BCUT2D eigenvalue weighted by molar-refractivity contribution is 5.70. The van der Waals surface area contributed by atoms with E-state index in [1.54, 1.807) is 0 Å². The molecule has 2 aromatic carbocycles. The van der Waals surface area contributed by atoms with Crippen LogP contribution in [0, 0.1) is 6.92 Å². The molecule has 1 heteroatoms. The van der Waals surface area contributed by atoms with Gasteiger partial charge in [-0.2, -0.15) is 0 Å². The standard InChI is InChI=1S/C22H23N/c1-5-18-7-9-20(10-8-18)22-12-11-21(16(3)13-22)15-19(6-2)14-17(4)23/h5-13,15H,1-2,4,14,23H2,3H3/b19-15-. The first-order valence-electron chi connectivity index (χ1n) is 7.63. The van der Waals surface area contributed by atoms with Crippen molar-refractivity contribution in [3.05, 3.63) is 96.2 Å². The molecule has 0 amide bonds. The highest BCUT2D eigenvalue weighted by atomic mass is 14.6. The maximum absolute atomic E-state index is 5.69. The van der Waals surface area contributed by atoms with Crippen molar-refractivity contribution in [2.45, 2.75) is 13.3 Å². The lowest BCUT2D eigenvalue weighted by molar-refractivity contribution is 1.14. The molecule has 0 aliphatic carbocycles. The van der Waals surface area contributed by atoms with Crippen molar-refractivity contribution in [3.8, 4) is 11.1 Å². The van der Waals surface area contributed by atoms with Crippen LogP contribution in [-0.4, -0.2) is 0 Å². The van der Waals surface area contributed by atoms with E-state index < -0.39 is 0 Å². The first-order chi connectivity index (χ1) is 11.0. The van der Waals surface area contributed by atoms with Crippen LogP contribution in [0.1, 0.15) is 23.1 Å². The summed E-state index contributed by atoms with van der Waals surface area (Å²) in [4.78, 5) is 0. The first kappa shape index (κ1) is 16.6. The van der Waals surface area contributed by atoms with Gasteiger partial charge >= 0.3 is 0 Å². The second-order valence-corrected chi connectivity index (χ2v) is 5.66. The second-order valence-electron chi connectivity index (χ2n) is 5.66. The second kappa shape index (κ2) is 7.46. The fourth-order valence-electron chi connectivity index (χ4n) is 2.47. The van der Waals surface area contributed by atoms with Gasteiger partial charge in [0.15, 0.2) is 0 Å². The number of hydrogen-bond donors (Lipinski definition) is 1. The SMILES string of the molecule is C=C/C(=C/c1ccc(-c2ccc(C=C)cc2)cc1C)CC(=C)N. The highest BCUT2D eigenvalue weighted by Crippen LogP contribution is 2.25. The van der Waals surface area contributed by atoms with E-state index in [0.29, 0.717) is 12.1 Å². The lowest BCUT2D eigenvalue weighted by atomic mass is 9.97. The zero-order valence-corrected chi connectivity index (χ0v) is 13.7. The molecule has 2 aromatic rings. The van der Waals surface area contributed by atoms with Crippen molar-refractivity contribution < 1.29 is 0 Å². The summed E-state index contributed by atoms with van der Waals surface area (Å²) >= 11 is 0. The first-order valence-corrected chi connectivity index (χ1v) is 7.63. The van der Waals surface area contributed by atoms with Gasteiger partial charge in [0.2, 0.25) is 0 Å². The molecule has 0 heterocycles. The largest absolute Gasteiger partial charge is 0.402 e. The summed E-state index contributed by atoms with van der Waals surface area (Å²) in [5.41, 5.74) is 13.3. The van der Waals surface area contributed by atoms with Crippen molar-refractivity contribution in [2.75, 3.05) is 0 Å². The maximum atomic E-state index is 5.69. The van der Waals surface area contributed by atoms with E-state index in [-0.39, 0.29) is 0 Å². The van der Waals surface area contributed by atoms with E-state index in [1.807, 2.05) is 12.2 Å². The van der Waals surface area contributed by atoms with E-state index in [0.717, 1.165) is 11.1 Å². The summed E-state index contributed by atoms with van der Waals surface area (Å²) in [6, 6.07) is 14.9. The molecule has 0 fully saturated rings. The fourth-order valence-corrected chi connectivity index (χ4v) is 2.47. The summed E-state index contributed by atoms with van der Waals surface area (Å²) in [6.45, 7) is 13.5. The fraction of sp³-hybridized carbons (Fsp3) is 0.0909. The Hall–Kier alpha value is -2.80. The number of allylic oxidation sites excluding steroid dienone is 2. The Morgan fingerprint density at radius 3 is 2.22 bits per heavy atom. The Morgan fingerprint density at radius 2 is 1.70 bits per heavy atom. The molecule has 23 heavy (non-hydrogen) atoms. The van der Waals surface area contributed by atoms with Gasteiger partial charge in [0.05, 0.1) is 0 Å². The molecule has 0 unspecified atom stereocenters. The maximum Gasteiger partial charge on any atom is 0.0115 e. The third-order valence-electron chi connectivity index (χ3n) is 3.78. The van der Waals surface area contributed by atoms with Gasteiger partial charge in [0.25, 0.3) is 0 Å². The van der Waals surface area contributed by atoms with Gasteiger partial charge in [0, 0.05) is 12.1 Å². The monoisotopic (exact) mass is 301 g/mol. The van der Waals surface area contributed by atoms with Crippen LogP contribution in [0.3, 0.4) is 0 Å². The van der Waals surface area contributed by atoms with Gasteiger partial charge in [-0.3, -0.25) is 0 Å². The average molecular weight is 301 g/mol. The molecule has 116 valence electrons. The zero-order chi connectivity index (χ0) is 16.8. The van der Waals surface area contributed by atoms with Gasteiger partial charge < -0.3 is 5.73 Å². The Labute approximate surface area is 139 Å². The van der Waals surface area contributed by atoms with Crippen LogP contribution in [0.2, 0.25) is 0 Å². The molecule has 0 saturated heterocycles. The zero-order valence-electron chi connectivity index (χ0n) is 13.7. The van der Waals surface area contributed by atoms with E-state index in [1.165, 1.54) is 22.3 Å². The average Bonchev–Trinajstić information content (AvgIpc) is 2.55. The molecular weight excluding hydrogens is 278 g/mol. The lowest BCUT2D eigenvalue weighted by Gasteiger charge is -2.08. The third kappa shape index (κ3) is 4.33. The number of benzene rings is 2. The number of aryl methyl sites for hydroxylation is 1.